The van der Waals surface area contributed by atoms with E-state index in [-0.39, 0.29) is 42.7 Å². The second-order valence-electron chi connectivity index (χ2n) is 4.54. The lowest BCUT2D eigenvalue weighted by Gasteiger charge is -2.13. The molecular weight excluding hydrogens is 400 g/mol. The molecule has 0 fully saturated rings. The summed E-state index contributed by atoms with van der Waals surface area (Å²) in [6.07, 6.45) is 0. The number of ether oxygens (including phenoxy) is 1. The van der Waals surface area contributed by atoms with E-state index in [1.807, 2.05) is 0 Å². The quantitative estimate of drug-likeness (QED) is 0.723. The first-order chi connectivity index (χ1) is 11.2. The zero-order valence-electron chi connectivity index (χ0n) is 12.0. The van der Waals surface area contributed by atoms with Gasteiger partial charge in [0.2, 0.25) is 0 Å². The summed E-state index contributed by atoms with van der Waals surface area (Å²) in [7, 11) is 1.35. The van der Waals surface area contributed by atoms with Crippen LogP contribution in [0.1, 0.15) is 20.7 Å². The molecule has 0 aliphatic carbocycles. The normalized spacial score (nSPS) is 10.4. The molecule has 5 nitrogen and oxygen atoms in total. The highest BCUT2D eigenvalue weighted by Gasteiger charge is 2.19. The molecular formula is C15H9Cl4NO4. The monoisotopic (exact) mass is 407 g/mol. The molecule has 2 aromatic rings. The lowest BCUT2D eigenvalue weighted by atomic mass is 10.1. The number of nitrogens with one attached hydrogen (secondary N) is 1. The topological polar surface area (TPSA) is 75.6 Å². The highest BCUT2D eigenvalue weighted by Crippen LogP contribution is 2.34. The van der Waals surface area contributed by atoms with E-state index in [0.717, 1.165) is 6.07 Å². The predicted molar refractivity (Wildman–Crippen MR) is 94.4 cm³/mol. The van der Waals surface area contributed by atoms with E-state index in [1.54, 1.807) is 0 Å². The summed E-state index contributed by atoms with van der Waals surface area (Å²) in [5.41, 5.74) is -0.0630. The molecule has 126 valence electrons. The Morgan fingerprint density at radius 3 is 2.21 bits per heavy atom. The Bertz CT molecular complexity index is 839. The van der Waals surface area contributed by atoms with Crippen LogP contribution in [0.4, 0.5) is 5.69 Å². The maximum Gasteiger partial charge on any atom is 0.337 e. The van der Waals surface area contributed by atoms with Gasteiger partial charge >= 0.3 is 5.97 Å². The lowest BCUT2D eigenvalue weighted by molar-refractivity contribution is 0.0696. The third kappa shape index (κ3) is 3.87. The van der Waals surface area contributed by atoms with Crippen molar-refractivity contribution in [2.24, 2.45) is 0 Å². The van der Waals surface area contributed by atoms with Crippen molar-refractivity contribution in [2.45, 2.75) is 0 Å². The van der Waals surface area contributed by atoms with Crippen LogP contribution in [0.3, 0.4) is 0 Å². The summed E-state index contributed by atoms with van der Waals surface area (Å²) < 4.78 is 5.10. The maximum atomic E-state index is 12.5. The van der Waals surface area contributed by atoms with Crippen molar-refractivity contribution in [3.05, 3.63) is 55.5 Å². The maximum absolute atomic E-state index is 12.5. The zero-order chi connectivity index (χ0) is 18.0. The summed E-state index contributed by atoms with van der Waals surface area (Å²) in [4.78, 5) is 23.6. The first-order valence-electron chi connectivity index (χ1n) is 6.31. The molecule has 0 spiro atoms. The molecule has 24 heavy (non-hydrogen) atoms. The van der Waals surface area contributed by atoms with Crippen molar-refractivity contribution < 1.29 is 19.4 Å². The van der Waals surface area contributed by atoms with E-state index in [0.29, 0.717) is 0 Å². The molecule has 1 amide bonds. The lowest BCUT2D eigenvalue weighted by Crippen LogP contribution is -2.14. The van der Waals surface area contributed by atoms with Gasteiger partial charge in [-0.15, -0.1) is 0 Å². The van der Waals surface area contributed by atoms with E-state index in [4.69, 9.17) is 56.2 Å². The number of anilines is 1. The van der Waals surface area contributed by atoms with Crippen molar-refractivity contribution in [3.63, 3.8) is 0 Å². The summed E-state index contributed by atoms with van der Waals surface area (Å²) in [5, 5.41) is 12.0. The number of carboxylic acids is 1. The summed E-state index contributed by atoms with van der Waals surface area (Å²) in [6, 6.07) is 5.17. The van der Waals surface area contributed by atoms with E-state index in [9.17, 15) is 9.59 Å². The van der Waals surface area contributed by atoms with Crippen LogP contribution in [0, 0.1) is 0 Å². The third-order valence-corrected chi connectivity index (χ3v) is 4.12. The van der Waals surface area contributed by atoms with Gasteiger partial charge in [0.1, 0.15) is 5.75 Å². The largest absolute Gasteiger partial charge is 0.494 e. The van der Waals surface area contributed by atoms with Gasteiger partial charge in [-0.1, -0.05) is 46.4 Å². The number of amides is 1. The van der Waals surface area contributed by atoms with Gasteiger partial charge in [0.15, 0.2) is 0 Å². The standard InChI is InChI=1S/C15H9Cl4NO4/c1-24-13-8(2-6(16)3-11(13)19)14(21)20-12-4-7(15(22)23)9(17)5-10(12)18/h2-5H,1H3,(H,20,21)(H,22,23). The minimum atomic E-state index is -1.25. The van der Waals surface area contributed by atoms with Crippen molar-refractivity contribution in [3.8, 4) is 5.75 Å². The molecule has 0 heterocycles. The number of carboxylic acid groups (broad SMARTS) is 1. The number of aromatic carboxylic acids is 1. The van der Waals surface area contributed by atoms with Gasteiger partial charge in [0.05, 0.1) is 39.0 Å². The molecule has 0 atom stereocenters. The van der Waals surface area contributed by atoms with Gasteiger partial charge in [0.25, 0.3) is 5.91 Å². The molecule has 0 saturated carbocycles. The minimum absolute atomic E-state index is 0.0473. The molecule has 9 heteroatoms. The fraction of sp³-hybridized carbons (Fsp3) is 0.0667. The molecule has 0 bridgehead atoms. The predicted octanol–water partition coefficient (Wildman–Crippen LogP) is 5.26. The first kappa shape index (κ1) is 18.7. The van der Waals surface area contributed by atoms with E-state index in [2.05, 4.69) is 5.32 Å². The van der Waals surface area contributed by atoms with Crippen LogP contribution in [0.5, 0.6) is 5.75 Å². The molecule has 2 aromatic carbocycles. The SMILES string of the molecule is COc1c(Cl)cc(Cl)cc1C(=O)Nc1cc(C(=O)O)c(Cl)cc1Cl. The van der Waals surface area contributed by atoms with E-state index >= 15 is 0 Å². The second kappa shape index (κ2) is 7.49. The third-order valence-electron chi connectivity index (χ3n) is 2.99. The van der Waals surface area contributed by atoms with Crippen LogP contribution >= 0.6 is 46.4 Å². The number of halogens is 4. The van der Waals surface area contributed by atoms with Crippen LogP contribution < -0.4 is 10.1 Å². The van der Waals surface area contributed by atoms with Crippen LogP contribution in [-0.4, -0.2) is 24.1 Å². The summed E-state index contributed by atoms with van der Waals surface area (Å²) in [6.45, 7) is 0. The van der Waals surface area contributed by atoms with Crippen molar-refractivity contribution >= 4 is 64.0 Å². The van der Waals surface area contributed by atoms with Gasteiger partial charge in [-0.25, -0.2) is 4.79 Å². The molecule has 2 N–H and O–H groups in total. The second-order valence-corrected chi connectivity index (χ2v) is 6.20. The molecule has 0 aliphatic rings. The average Bonchev–Trinajstić information content (AvgIpc) is 2.48. The first-order valence-corrected chi connectivity index (χ1v) is 7.82. The Hall–Kier alpha value is -1.66. The molecule has 0 aliphatic heterocycles. The van der Waals surface area contributed by atoms with Gasteiger partial charge in [0, 0.05) is 5.02 Å². The number of benzene rings is 2. The Labute approximate surface area is 157 Å². The Morgan fingerprint density at radius 2 is 1.62 bits per heavy atom. The van der Waals surface area contributed by atoms with E-state index < -0.39 is 11.9 Å². The van der Waals surface area contributed by atoms with Gasteiger partial charge < -0.3 is 15.2 Å². The van der Waals surface area contributed by atoms with Crippen LogP contribution in [0.15, 0.2) is 24.3 Å². The fourth-order valence-electron chi connectivity index (χ4n) is 1.93. The van der Waals surface area contributed by atoms with Gasteiger partial charge in [-0.2, -0.15) is 0 Å². The highest BCUT2D eigenvalue weighted by molar-refractivity contribution is 6.39. The summed E-state index contributed by atoms with van der Waals surface area (Å²) in [5.74, 6) is -1.76. The minimum Gasteiger partial charge on any atom is -0.494 e. The molecule has 0 saturated heterocycles. The number of methoxy groups -OCH3 is 1. The van der Waals surface area contributed by atoms with Gasteiger partial charge in [-0.05, 0) is 24.3 Å². The Morgan fingerprint density at radius 1 is 0.958 bits per heavy atom. The van der Waals surface area contributed by atoms with Crippen molar-refractivity contribution in [1.82, 2.24) is 0 Å². The summed E-state index contributed by atoms with van der Waals surface area (Å²) >= 11 is 23.7. The number of hydrogen-bond donors (Lipinski definition) is 2. The van der Waals surface area contributed by atoms with Crippen molar-refractivity contribution in [1.29, 1.82) is 0 Å². The molecule has 0 unspecified atom stereocenters. The Kier molecular flexibility index (Phi) is 5.83. The van der Waals surface area contributed by atoms with Crippen molar-refractivity contribution in [2.75, 3.05) is 12.4 Å². The molecule has 0 aromatic heterocycles. The fourth-order valence-corrected chi connectivity index (χ4v) is 3.02. The average molecular weight is 409 g/mol. The highest BCUT2D eigenvalue weighted by atomic mass is 35.5. The van der Waals surface area contributed by atoms with E-state index in [1.165, 1.54) is 25.3 Å². The number of carbonyl (C=O) groups excluding carboxylic acids is 1. The smallest absolute Gasteiger partial charge is 0.337 e. The number of rotatable bonds is 4. The molecule has 2 rings (SSSR count). The Balaban J connectivity index is 2.44. The van der Waals surface area contributed by atoms with Crippen LogP contribution in [-0.2, 0) is 0 Å². The molecule has 0 radical (unpaired) electrons. The van der Waals surface area contributed by atoms with Crippen LogP contribution in [0.2, 0.25) is 20.1 Å². The van der Waals surface area contributed by atoms with Crippen LogP contribution in [0.25, 0.3) is 0 Å². The number of hydrogen-bond acceptors (Lipinski definition) is 3. The zero-order valence-corrected chi connectivity index (χ0v) is 15.0. The van der Waals surface area contributed by atoms with Gasteiger partial charge in [-0.3, -0.25) is 4.79 Å². The number of carbonyl (C=O) groups is 2.